The minimum absolute atomic E-state index is 1.12. The van der Waals surface area contributed by atoms with E-state index in [-0.39, 0.29) is 0 Å². The summed E-state index contributed by atoms with van der Waals surface area (Å²) in [5.74, 6) is 0. The van der Waals surface area contributed by atoms with Crippen molar-refractivity contribution in [2.24, 2.45) is 0 Å². The summed E-state index contributed by atoms with van der Waals surface area (Å²) in [5.41, 5.74) is 2.91. The molecule has 0 N–H and O–H groups in total. The van der Waals surface area contributed by atoms with Gasteiger partial charge in [-0.15, -0.1) is 0 Å². The van der Waals surface area contributed by atoms with Crippen LogP contribution < -0.4 is 5.30 Å². The van der Waals surface area contributed by atoms with Crippen LogP contribution in [0, 0.1) is 0 Å². The van der Waals surface area contributed by atoms with Gasteiger partial charge in [-0.3, -0.25) is 0 Å². The molecule has 20 heavy (non-hydrogen) atoms. The molecular weight excluding hydrogens is 279 g/mol. The molecule has 2 aromatic carbocycles. The fourth-order valence-electron chi connectivity index (χ4n) is 3.06. The topological polar surface area (TPSA) is 0 Å². The van der Waals surface area contributed by atoms with Gasteiger partial charge in [-0.25, -0.2) is 0 Å². The van der Waals surface area contributed by atoms with Gasteiger partial charge in [-0.2, -0.15) is 0 Å². The monoisotopic (exact) mass is 298 g/mol. The van der Waals surface area contributed by atoms with Crippen molar-refractivity contribution in [1.82, 2.24) is 0 Å². The Hall–Kier alpha value is -1.04. The molecule has 1 aliphatic rings. The lowest BCUT2D eigenvalue weighted by Crippen LogP contribution is -2.10. The molecule has 0 saturated carbocycles. The van der Waals surface area contributed by atoms with E-state index in [9.17, 15) is 0 Å². The van der Waals surface area contributed by atoms with Crippen molar-refractivity contribution >= 4 is 29.3 Å². The summed E-state index contributed by atoms with van der Waals surface area (Å²) in [7, 11) is 0. The van der Waals surface area contributed by atoms with Crippen LogP contribution in [0.5, 0.6) is 0 Å². The van der Waals surface area contributed by atoms with E-state index in [0.29, 0.717) is 0 Å². The van der Waals surface area contributed by atoms with Crippen LogP contribution in [-0.4, -0.2) is 6.16 Å². The van der Waals surface area contributed by atoms with Crippen molar-refractivity contribution in [1.29, 1.82) is 0 Å². The molecule has 0 fully saturated rings. The molecule has 0 bridgehead atoms. The van der Waals surface area contributed by atoms with E-state index in [4.69, 9.17) is 12.2 Å². The zero-order valence-electron chi connectivity index (χ0n) is 11.8. The highest BCUT2D eigenvalue weighted by atomic mass is 32.7. The van der Waals surface area contributed by atoms with E-state index in [1.807, 2.05) is 0 Å². The maximum Gasteiger partial charge on any atom is 0.0843 e. The molecule has 3 rings (SSSR count). The first kappa shape index (κ1) is 13.9. The quantitative estimate of drug-likeness (QED) is 0.566. The molecule has 0 spiro atoms. The standard InChI is InChI=1S/C18H19PS/c1-2-15-13-14-19(20,17-11-7-4-8-12-17)18(15)16-9-5-3-6-10-16/h3-12H,2,13-14H2,1H3. The molecule has 0 aliphatic carbocycles. The smallest absolute Gasteiger partial charge is 0.0843 e. The number of hydrogen-bond acceptors (Lipinski definition) is 1. The SMILES string of the molecule is CCC1=C(c2ccccc2)[P+]([S-])(c2ccccc2)CC1. The molecule has 102 valence electrons. The van der Waals surface area contributed by atoms with Crippen LogP contribution in [-0.2, 0) is 12.2 Å². The molecule has 0 saturated heterocycles. The largest absolute Gasteiger partial charge is 0.546 e. The Bertz CT molecular complexity index is 618. The van der Waals surface area contributed by atoms with Gasteiger partial charge in [0.25, 0.3) is 0 Å². The van der Waals surface area contributed by atoms with Gasteiger partial charge in [0.15, 0.2) is 0 Å². The van der Waals surface area contributed by atoms with Crippen LogP contribution in [0.25, 0.3) is 5.31 Å². The Balaban J connectivity index is 2.15. The predicted molar refractivity (Wildman–Crippen MR) is 93.5 cm³/mol. The Labute approximate surface area is 127 Å². The van der Waals surface area contributed by atoms with Crippen molar-refractivity contribution in [3.63, 3.8) is 0 Å². The summed E-state index contributed by atoms with van der Waals surface area (Å²) >= 11 is 6.23. The van der Waals surface area contributed by atoms with Crippen LogP contribution in [0.3, 0.4) is 0 Å². The fraction of sp³-hybridized carbons (Fsp3) is 0.222. The fourth-order valence-corrected chi connectivity index (χ4v) is 7.73. The number of hydrogen-bond donors (Lipinski definition) is 0. The minimum Gasteiger partial charge on any atom is -0.546 e. The Kier molecular flexibility index (Phi) is 4.01. The third kappa shape index (κ3) is 2.34. The van der Waals surface area contributed by atoms with E-state index >= 15 is 0 Å². The molecule has 0 nitrogen and oxygen atoms in total. The van der Waals surface area contributed by atoms with E-state index in [1.165, 1.54) is 22.6 Å². The normalized spacial score (nSPS) is 22.3. The second-order valence-electron chi connectivity index (χ2n) is 5.22. The average molecular weight is 298 g/mol. The highest BCUT2D eigenvalue weighted by Gasteiger charge is 2.39. The van der Waals surface area contributed by atoms with E-state index in [0.717, 1.165) is 12.6 Å². The molecule has 1 heterocycles. The Morgan fingerprint density at radius 2 is 1.55 bits per heavy atom. The van der Waals surface area contributed by atoms with Gasteiger partial charge in [0.1, 0.15) is 0 Å². The zero-order valence-corrected chi connectivity index (χ0v) is 13.5. The molecule has 1 atom stereocenters. The van der Waals surface area contributed by atoms with E-state index in [1.54, 1.807) is 5.57 Å². The van der Waals surface area contributed by atoms with Gasteiger partial charge in [-0.05, 0) is 30.6 Å². The van der Waals surface area contributed by atoms with Gasteiger partial charge in [0, 0.05) is 12.0 Å². The highest BCUT2D eigenvalue weighted by Crippen LogP contribution is 2.72. The van der Waals surface area contributed by atoms with Gasteiger partial charge < -0.3 is 12.2 Å². The van der Waals surface area contributed by atoms with Gasteiger partial charge >= 0.3 is 0 Å². The Morgan fingerprint density at radius 1 is 0.950 bits per heavy atom. The highest BCUT2D eigenvalue weighted by molar-refractivity contribution is 8.49. The van der Waals surface area contributed by atoms with Crippen LogP contribution in [0.2, 0.25) is 0 Å². The molecule has 1 aliphatic heterocycles. The van der Waals surface area contributed by atoms with Crippen molar-refractivity contribution in [3.8, 4) is 0 Å². The number of allylic oxidation sites excluding steroid dienone is 1. The summed E-state index contributed by atoms with van der Waals surface area (Å²) < 4.78 is 0. The molecule has 0 aromatic heterocycles. The second kappa shape index (κ2) is 5.76. The van der Waals surface area contributed by atoms with Crippen LogP contribution in [0.15, 0.2) is 66.2 Å². The summed E-state index contributed by atoms with van der Waals surface area (Å²) in [6.07, 6.45) is 3.45. The van der Waals surface area contributed by atoms with Crippen molar-refractivity contribution in [2.75, 3.05) is 6.16 Å². The minimum atomic E-state index is -1.61. The van der Waals surface area contributed by atoms with Crippen molar-refractivity contribution in [3.05, 3.63) is 71.8 Å². The van der Waals surface area contributed by atoms with Gasteiger partial charge in [-0.1, -0.05) is 55.5 Å². The van der Waals surface area contributed by atoms with Crippen LogP contribution in [0.4, 0.5) is 0 Å². The number of rotatable bonds is 3. The first-order valence-corrected chi connectivity index (χ1v) is 10.2. The first-order chi connectivity index (χ1) is 9.75. The lowest BCUT2D eigenvalue weighted by atomic mass is 10.1. The second-order valence-corrected chi connectivity index (χ2v) is 9.98. The zero-order chi connectivity index (χ0) is 14.0. The average Bonchev–Trinajstić information content (AvgIpc) is 2.87. The summed E-state index contributed by atoms with van der Waals surface area (Å²) in [6.45, 7) is 0.644. The predicted octanol–water partition coefficient (Wildman–Crippen LogP) is 5.02. The lowest BCUT2D eigenvalue weighted by molar-refractivity contribution is 1.01. The maximum atomic E-state index is 6.23. The van der Waals surface area contributed by atoms with Gasteiger partial charge in [0.2, 0.25) is 0 Å². The molecule has 2 aromatic rings. The number of benzene rings is 2. The summed E-state index contributed by atoms with van der Waals surface area (Å²) in [6, 6.07) is 21.5. The molecule has 0 radical (unpaired) electrons. The third-order valence-corrected chi connectivity index (χ3v) is 9.08. The molecule has 2 heteroatoms. The van der Waals surface area contributed by atoms with Crippen molar-refractivity contribution < 1.29 is 0 Å². The van der Waals surface area contributed by atoms with Crippen LogP contribution >= 0.6 is 6.46 Å². The van der Waals surface area contributed by atoms with Gasteiger partial charge in [0.05, 0.1) is 16.8 Å². The van der Waals surface area contributed by atoms with Crippen LogP contribution in [0.1, 0.15) is 25.3 Å². The molecule has 0 amide bonds. The molecular formula is C18H19PS. The first-order valence-electron chi connectivity index (χ1n) is 7.18. The lowest BCUT2D eigenvalue weighted by Gasteiger charge is -2.31. The maximum absolute atomic E-state index is 6.23. The molecule has 1 unspecified atom stereocenters. The van der Waals surface area contributed by atoms with E-state index in [2.05, 4.69) is 67.6 Å². The summed E-state index contributed by atoms with van der Waals surface area (Å²) in [4.78, 5) is 0. The third-order valence-electron chi connectivity index (χ3n) is 4.07. The van der Waals surface area contributed by atoms with E-state index < -0.39 is 6.46 Å². The van der Waals surface area contributed by atoms with Crippen molar-refractivity contribution in [2.45, 2.75) is 19.8 Å². The summed E-state index contributed by atoms with van der Waals surface area (Å²) in [5, 5.41) is 2.86. The Morgan fingerprint density at radius 3 is 2.15 bits per heavy atom.